The van der Waals surface area contributed by atoms with E-state index >= 15 is 0 Å². The molecule has 0 radical (unpaired) electrons. The van der Waals surface area contributed by atoms with Gasteiger partial charge in [0, 0.05) is 31.9 Å². The Hall–Kier alpha value is -1.52. The van der Waals surface area contributed by atoms with Gasteiger partial charge in [-0.2, -0.15) is 0 Å². The third-order valence-corrected chi connectivity index (χ3v) is 4.79. The highest BCUT2D eigenvalue weighted by atomic mass is 79.9. The van der Waals surface area contributed by atoms with Crippen LogP contribution in [0.2, 0.25) is 0 Å². The molecule has 0 bridgehead atoms. The van der Waals surface area contributed by atoms with E-state index in [2.05, 4.69) is 64.2 Å². The first kappa shape index (κ1) is 14.4. The number of aryl methyl sites for hydroxylation is 3. The Morgan fingerprint density at radius 2 is 1.48 bits per heavy atom. The Morgan fingerprint density at radius 1 is 0.857 bits per heavy atom. The minimum absolute atomic E-state index is 1.03. The highest BCUT2D eigenvalue weighted by molar-refractivity contribution is 9.10. The monoisotopic (exact) mass is 358 g/mol. The fourth-order valence-electron chi connectivity index (χ4n) is 2.35. The molecule has 0 saturated heterocycles. The number of pyridine rings is 1. The van der Waals surface area contributed by atoms with Gasteiger partial charge in [0.25, 0.3) is 0 Å². The fourth-order valence-corrected chi connectivity index (χ4v) is 3.54. The largest absolute Gasteiger partial charge is 0.258 e. The Labute approximate surface area is 137 Å². The minimum atomic E-state index is 1.03. The van der Waals surface area contributed by atoms with E-state index in [0.29, 0.717) is 0 Å². The van der Waals surface area contributed by atoms with Crippen molar-refractivity contribution in [2.45, 2.75) is 20.8 Å². The van der Waals surface area contributed by atoms with Crippen LogP contribution in [0.4, 0.5) is 0 Å². The van der Waals surface area contributed by atoms with Crippen LogP contribution in [0.15, 0.2) is 40.9 Å². The molecule has 3 rings (SSSR count). The number of aromatic nitrogens is 2. The molecule has 1 aromatic carbocycles. The maximum atomic E-state index is 4.84. The summed E-state index contributed by atoms with van der Waals surface area (Å²) in [6, 6.07) is 12.5. The Kier molecular flexibility index (Phi) is 3.91. The van der Waals surface area contributed by atoms with E-state index in [0.717, 1.165) is 37.7 Å². The van der Waals surface area contributed by atoms with Gasteiger partial charge in [-0.05, 0) is 45.0 Å². The van der Waals surface area contributed by atoms with Crippen molar-refractivity contribution in [1.29, 1.82) is 0 Å². The molecule has 0 unspecified atom stereocenters. The second-order valence-corrected chi connectivity index (χ2v) is 7.19. The number of halogens is 1. The van der Waals surface area contributed by atoms with E-state index in [1.54, 1.807) is 11.3 Å². The molecule has 0 atom stereocenters. The van der Waals surface area contributed by atoms with Gasteiger partial charge in [-0.1, -0.05) is 28.1 Å². The van der Waals surface area contributed by atoms with Crippen molar-refractivity contribution in [3.8, 4) is 21.8 Å². The van der Waals surface area contributed by atoms with E-state index in [-0.39, 0.29) is 0 Å². The first-order valence-corrected chi connectivity index (χ1v) is 8.33. The van der Waals surface area contributed by atoms with Gasteiger partial charge in [-0.25, -0.2) is 4.98 Å². The molecule has 0 aliphatic carbocycles. The van der Waals surface area contributed by atoms with Gasteiger partial charge in [0.1, 0.15) is 5.01 Å². The normalized spacial score (nSPS) is 10.9. The van der Waals surface area contributed by atoms with E-state index in [9.17, 15) is 0 Å². The van der Waals surface area contributed by atoms with Crippen LogP contribution >= 0.6 is 27.3 Å². The summed E-state index contributed by atoms with van der Waals surface area (Å²) >= 11 is 5.20. The average molecular weight is 359 g/mol. The lowest BCUT2D eigenvalue weighted by atomic mass is 10.1. The summed E-state index contributed by atoms with van der Waals surface area (Å²) in [5.41, 5.74) is 5.43. The quantitative estimate of drug-likeness (QED) is 0.599. The van der Waals surface area contributed by atoms with Gasteiger partial charge < -0.3 is 0 Å². The van der Waals surface area contributed by atoms with Crippen LogP contribution in [0.3, 0.4) is 0 Å². The maximum Gasteiger partial charge on any atom is 0.124 e. The van der Waals surface area contributed by atoms with Crippen LogP contribution in [0, 0.1) is 20.8 Å². The van der Waals surface area contributed by atoms with E-state index in [1.165, 1.54) is 4.88 Å². The molecule has 0 N–H and O–H groups in total. The summed E-state index contributed by atoms with van der Waals surface area (Å²) in [6.07, 6.45) is 0. The number of hydrogen-bond donors (Lipinski definition) is 0. The van der Waals surface area contributed by atoms with Crippen molar-refractivity contribution in [1.82, 2.24) is 9.97 Å². The van der Waals surface area contributed by atoms with Gasteiger partial charge in [0.05, 0.1) is 5.69 Å². The third-order valence-electron chi connectivity index (χ3n) is 3.24. The van der Waals surface area contributed by atoms with Crippen molar-refractivity contribution in [2.75, 3.05) is 0 Å². The van der Waals surface area contributed by atoms with Crippen molar-refractivity contribution in [3.05, 3.63) is 57.1 Å². The second-order valence-electron chi connectivity index (χ2n) is 5.07. The van der Waals surface area contributed by atoms with Crippen LogP contribution in [0.1, 0.15) is 16.3 Å². The summed E-state index contributed by atoms with van der Waals surface area (Å²) in [6.45, 7) is 6.17. The molecule has 0 aliphatic rings. The molecule has 0 spiro atoms. The standard InChI is InChI=1S/C17H15BrN2S/c1-10-8-14(9-11(2)19-10)17-20-16(12(3)21-17)13-4-6-15(18)7-5-13/h4-9H,1-3H3. The summed E-state index contributed by atoms with van der Waals surface area (Å²) in [7, 11) is 0. The lowest BCUT2D eigenvalue weighted by Gasteiger charge is -2.01. The number of thiazole rings is 1. The minimum Gasteiger partial charge on any atom is -0.258 e. The molecular formula is C17H15BrN2S. The molecule has 106 valence electrons. The first-order valence-electron chi connectivity index (χ1n) is 6.72. The number of rotatable bonds is 2. The van der Waals surface area contributed by atoms with Crippen LogP contribution in [-0.4, -0.2) is 9.97 Å². The van der Waals surface area contributed by atoms with Gasteiger partial charge >= 0.3 is 0 Å². The van der Waals surface area contributed by atoms with Crippen LogP contribution in [0.5, 0.6) is 0 Å². The molecule has 3 aromatic rings. The fraction of sp³-hybridized carbons (Fsp3) is 0.176. The molecule has 2 nitrogen and oxygen atoms in total. The van der Waals surface area contributed by atoms with Crippen molar-refractivity contribution in [3.63, 3.8) is 0 Å². The molecule has 21 heavy (non-hydrogen) atoms. The Morgan fingerprint density at radius 3 is 2.10 bits per heavy atom. The molecule has 2 heterocycles. The zero-order valence-electron chi connectivity index (χ0n) is 12.1. The van der Waals surface area contributed by atoms with Crippen LogP contribution in [0.25, 0.3) is 21.8 Å². The predicted octanol–water partition coefficient (Wildman–Crippen LogP) is 5.56. The zero-order chi connectivity index (χ0) is 15.0. The van der Waals surface area contributed by atoms with Crippen LogP contribution < -0.4 is 0 Å². The molecular weight excluding hydrogens is 344 g/mol. The number of nitrogens with zero attached hydrogens (tertiary/aromatic N) is 2. The summed E-state index contributed by atoms with van der Waals surface area (Å²) < 4.78 is 1.08. The van der Waals surface area contributed by atoms with Crippen molar-refractivity contribution >= 4 is 27.3 Å². The second kappa shape index (κ2) is 5.70. The van der Waals surface area contributed by atoms with E-state index in [1.807, 2.05) is 13.8 Å². The van der Waals surface area contributed by atoms with E-state index in [4.69, 9.17) is 4.98 Å². The topological polar surface area (TPSA) is 25.8 Å². The maximum absolute atomic E-state index is 4.84. The number of benzene rings is 1. The van der Waals surface area contributed by atoms with Gasteiger partial charge in [0.2, 0.25) is 0 Å². The highest BCUT2D eigenvalue weighted by Crippen LogP contribution is 2.34. The predicted molar refractivity (Wildman–Crippen MR) is 92.7 cm³/mol. The summed E-state index contributed by atoms with van der Waals surface area (Å²) in [5.74, 6) is 0. The lowest BCUT2D eigenvalue weighted by Crippen LogP contribution is -1.88. The molecule has 0 fully saturated rings. The Balaban J connectivity index is 2.07. The van der Waals surface area contributed by atoms with Gasteiger partial charge in [-0.15, -0.1) is 11.3 Å². The average Bonchev–Trinajstić information content (AvgIpc) is 2.81. The van der Waals surface area contributed by atoms with Crippen LogP contribution in [-0.2, 0) is 0 Å². The van der Waals surface area contributed by atoms with E-state index < -0.39 is 0 Å². The SMILES string of the molecule is Cc1cc(-c2nc(-c3ccc(Br)cc3)c(C)s2)cc(C)n1. The lowest BCUT2D eigenvalue weighted by molar-refractivity contribution is 1.12. The van der Waals surface area contributed by atoms with Crippen molar-refractivity contribution in [2.24, 2.45) is 0 Å². The molecule has 0 amide bonds. The van der Waals surface area contributed by atoms with Crippen molar-refractivity contribution < 1.29 is 0 Å². The molecule has 0 saturated carbocycles. The summed E-state index contributed by atoms with van der Waals surface area (Å²) in [4.78, 5) is 10.5. The highest BCUT2D eigenvalue weighted by Gasteiger charge is 2.12. The smallest absolute Gasteiger partial charge is 0.124 e. The number of hydrogen-bond acceptors (Lipinski definition) is 3. The Bertz CT molecular complexity index is 771. The molecule has 4 heteroatoms. The molecule has 0 aliphatic heterocycles. The molecule has 2 aromatic heterocycles. The zero-order valence-corrected chi connectivity index (χ0v) is 14.5. The van der Waals surface area contributed by atoms with Gasteiger partial charge in [0.15, 0.2) is 0 Å². The first-order chi connectivity index (χ1) is 10.0. The summed E-state index contributed by atoms with van der Waals surface area (Å²) in [5, 5.41) is 1.05. The third kappa shape index (κ3) is 3.06. The van der Waals surface area contributed by atoms with Gasteiger partial charge in [-0.3, -0.25) is 4.98 Å².